The monoisotopic (exact) mass is 333 g/mol. The van der Waals surface area contributed by atoms with Gasteiger partial charge in [0.15, 0.2) is 5.78 Å². The van der Waals surface area contributed by atoms with E-state index in [1.165, 1.54) is 18.7 Å². The van der Waals surface area contributed by atoms with Crippen LogP contribution in [-0.2, 0) is 5.75 Å². The molecular weight excluding hydrogens is 318 g/mol. The van der Waals surface area contributed by atoms with Crippen molar-refractivity contribution >= 4 is 28.4 Å². The van der Waals surface area contributed by atoms with Crippen molar-refractivity contribution in [3.05, 3.63) is 65.0 Å². The summed E-state index contributed by atoms with van der Waals surface area (Å²) < 4.78 is 0. The molecule has 0 amide bonds. The summed E-state index contributed by atoms with van der Waals surface area (Å²) in [6.07, 6.45) is 1.78. The van der Waals surface area contributed by atoms with E-state index in [1.54, 1.807) is 19.2 Å². The number of para-hydroxylation sites is 1. The van der Waals surface area contributed by atoms with Crippen molar-refractivity contribution in [1.82, 2.24) is 9.97 Å². The van der Waals surface area contributed by atoms with Gasteiger partial charge in [-0.3, -0.25) is 9.78 Å². The van der Waals surface area contributed by atoms with Crippen molar-refractivity contribution in [2.24, 2.45) is 0 Å². The molecule has 0 N–H and O–H groups in total. The van der Waals surface area contributed by atoms with Gasteiger partial charge in [0, 0.05) is 28.6 Å². The molecule has 0 unspecified atom stereocenters. The van der Waals surface area contributed by atoms with Crippen LogP contribution in [0.5, 0.6) is 0 Å². The molecule has 0 fully saturated rings. The van der Waals surface area contributed by atoms with Gasteiger partial charge in [-0.2, -0.15) is 5.26 Å². The molecular formula is C19H15N3OS. The maximum atomic E-state index is 11.6. The minimum Gasteiger partial charge on any atom is -0.294 e. The second kappa shape index (κ2) is 6.81. The lowest BCUT2D eigenvalue weighted by Crippen LogP contribution is -2.02. The van der Waals surface area contributed by atoms with E-state index in [0.29, 0.717) is 27.6 Å². The lowest BCUT2D eigenvalue weighted by atomic mass is 10.1. The van der Waals surface area contributed by atoms with E-state index in [9.17, 15) is 10.1 Å². The van der Waals surface area contributed by atoms with Crippen molar-refractivity contribution < 1.29 is 4.79 Å². The Hall–Kier alpha value is -2.71. The fraction of sp³-hybridized carbons (Fsp3) is 0.158. The third-order valence-corrected chi connectivity index (χ3v) is 4.80. The number of carbonyl (C=O) groups excluding carboxylic acids is 1. The van der Waals surface area contributed by atoms with E-state index in [0.717, 1.165) is 16.5 Å². The number of hydrogen-bond acceptors (Lipinski definition) is 5. The Morgan fingerprint density at radius 1 is 1.29 bits per heavy atom. The molecule has 0 aliphatic heterocycles. The molecule has 0 bridgehead atoms. The molecule has 2 aromatic heterocycles. The quantitative estimate of drug-likeness (QED) is 0.526. The fourth-order valence-electron chi connectivity index (χ4n) is 2.56. The highest BCUT2D eigenvalue weighted by atomic mass is 32.2. The fourth-order valence-corrected chi connectivity index (χ4v) is 3.55. The van der Waals surface area contributed by atoms with Crippen LogP contribution in [0, 0.1) is 18.3 Å². The number of thioether (sulfide) groups is 1. The van der Waals surface area contributed by atoms with Gasteiger partial charge < -0.3 is 0 Å². The predicted octanol–water partition coefficient (Wildman–Crippen LogP) is 4.30. The number of Topliss-reactive ketones (excluding diaryl/α,β-unsaturated/α-hetero) is 1. The van der Waals surface area contributed by atoms with Crippen molar-refractivity contribution in [3.63, 3.8) is 0 Å². The Labute approximate surface area is 144 Å². The zero-order chi connectivity index (χ0) is 17.1. The predicted molar refractivity (Wildman–Crippen MR) is 95.0 cm³/mol. The number of nitrogens with zero attached hydrogens (tertiary/aromatic N) is 3. The van der Waals surface area contributed by atoms with Crippen LogP contribution in [0.15, 0.2) is 47.6 Å². The van der Waals surface area contributed by atoms with Crippen LogP contribution in [0.1, 0.15) is 34.1 Å². The lowest BCUT2D eigenvalue weighted by Gasteiger charge is -2.09. The van der Waals surface area contributed by atoms with Crippen LogP contribution in [0.25, 0.3) is 10.9 Å². The first-order valence-corrected chi connectivity index (χ1v) is 8.47. The number of fused-ring (bicyclic) bond motifs is 1. The van der Waals surface area contributed by atoms with Gasteiger partial charge in [-0.05, 0) is 31.5 Å². The molecule has 4 nitrogen and oxygen atoms in total. The van der Waals surface area contributed by atoms with Crippen molar-refractivity contribution in [2.45, 2.75) is 24.6 Å². The largest absolute Gasteiger partial charge is 0.294 e. The molecule has 3 rings (SSSR count). The molecule has 0 spiro atoms. The maximum absolute atomic E-state index is 11.6. The number of aryl methyl sites for hydroxylation is 1. The van der Waals surface area contributed by atoms with Crippen LogP contribution in [0.4, 0.5) is 0 Å². The molecule has 0 saturated heterocycles. The van der Waals surface area contributed by atoms with Gasteiger partial charge in [0.25, 0.3) is 0 Å². The summed E-state index contributed by atoms with van der Waals surface area (Å²) in [7, 11) is 0. The van der Waals surface area contributed by atoms with Gasteiger partial charge in [-0.1, -0.05) is 24.3 Å². The third-order valence-electron chi connectivity index (χ3n) is 3.76. The molecule has 24 heavy (non-hydrogen) atoms. The number of aromatic nitrogens is 2. The Bertz CT molecular complexity index is 971. The van der Waals surface area contributed by atoms with Crippen LogP contribution in [0.2, 0.25) is 0 Å². The molecule has 3 aromatic rings. The van der Waals surface area contributed by atoms with Crippen molar-refractivity contribution in [2.75, 3.05) is 0 Å². The van der Waals surface area contributed by atoms with E-state index in [-0.39, 0.29) is 5.78 Å². The summed E-state index contributed by atoms with van der Waals surface area (Å²) in [5.41, 5.74) is 3.65. The minimum absolute atomic E-state index is 0.0775. The average molecular weight is 333 g/mol. The topological polar surface area (TPSA) is 66.6 Å². The lowest BCUT2D eigenvalue weighted by molar-refractivity contribution is 0.101. The number of rotatable bonds is 4. The van der Waals surface area contributed by atoms with Crippen LogP contribution >= 0.6 is 11.8 Å². The maximum Gasteiger partial charge on any atom is 0.161 e. The van der Waals surface area contributed by atoms with E-state index >= 15 is 0 Å². The number of hydrogen-bond donors (Lipinski definition) is 0. The Kier molecular flexibility index (Phi) is 4.59. The Morgan fingerprint density at radius 2 is 2.08 bits per heavy atom. The van der Waals surface area contributed by atoms with Gasteiger partial charge in [-0.15, -0.1) is 11.8 Å². The van der Waals surface area contributed by atoms with Gasteiger partial charge in [-0.25, -0.2) is 4.98 Å². The first kappa shape index (κ1) is 16.2. The summed E-state index contributed by atoms with van der Waals surface area (Å²) in [4.78, 5) is 20.5. The van der Waals surface area contributed by atoms with E-state index < -0.39 is 0 Å². The normalized spacial score (nSPS) is 10.5. The third kappa shape index (κ3) is 3.15. The standard InChI is InChI=1S/C19H15N3OS/c1-12-17(13(2)23)9-16(10-20)19(22-12)24-11-15-6-3-5-14-7-4-8-21-18(14)15/h3-9H,11H2,1-2H3. The van der Waals surface area contributed by atoms with Gasteiger partial charge in [0.1, 0.15) is 11.1 Å². The zero-order valence-corrected chi connectivity index (χ0v) is 14.2. The first-order valence-electron chi connectivity index (χ1n) is 7.48. The summed E-state index contributed by atoms with van der Waals surface area (Å²) in [6.45, 7) is 3.28. The molecule has 0 aliphatic rings. The van der Waals surface area contributed by atoms with E-state index in [4.69, 9.17) is 0 Å². The Morgan fingerprint density at radius 3 is 2.83 bits per heavy atom. The molecule has 1 aromatic carbocycles. The molecule has 0 atom stereocenters. The summed E-state index contributed by atoms with van der Waals surface area (Å²) in [5.74, 6) is 0.584. The number of carbonyl (C=O) groups is 1. The summed E-state index contributed by atoms with van der Waals surface area (Å²) >= 11 is 1.49. The van der Waals surface area contributed by atoms with Gasteiger partial charge >= 0.3 is 0 Å². The second-order valence-electron chi connectivity index (χ2n) is 5.42. The highest BCUT2D eigenvalue weighted by Gasteiger charge is 2.13. The van der Waals surface area contributed by atoms with E-state index in [1.807, 2.05) is 30.3 Å². The van der Waals surface area contributed by atoms with Crippen LogP contribution in [0.3, 0.4) is 0 Å². The zero-order valence-electron chi connectivity index (χ0n) is 13.4. The summed E-state index contributed by atoms with van der Waals surface area (Å²) in [6, 6.07) is 13.8. The number of benzene rings is 1. The average Bonchev–Trinajstić information content (AvgIpc) is 2.59. The molecule has 0 radical (unpaired) electrons. The second-order valence-corrected chi connectivity index (χ2v) is 6.39. The van der Waals surface area contributed by atoms with Crippen LogP contribution in [-0.4, -0.2) is 15.8 Å². The highest BCUT2D eigenvalue weighted by molar-refractivity contribution is 7.98. The SMILES string of the molecule is CC(=O)c1cc(C#N)c(SCc2cccc3cccnc23)nc1C. The van der Waals surface area contributed by atoms with Gasteiger partial charge in [0.2, 0.25) is 0 Å². The summed E-state index contributed by atoms with van der Waals surface area (Å²) in [5, 5.41) is 11.1. The smallest absolute Gasteiger partial charge is 0.161 e. The van der Waals surface area contributed by atoms with Crippen LogP contribution < -0.4 is 0 Å². The van der Waals surface area contributed by atoms with Crippen molar-refractivity contribution in [1.29, 1.82) is 5.26 Å². The first-order chi connectivity index (χ1) is 11.6. The Balaban J connectivity index is 1.93. The molecule has 0 saturated carbocycles. The highest BCUT2D eigenvalue weighted by Crippen LogP contribution is 2.28. The van der Waals surface area contributed by atoms with Crippen molar-refractivity contribution in [3.8, 4) is 6.07 Å². The molecule has 2 heterocycles. The van der Waals surface area contributed by atoms with E-state index in [2.05, 4.69) is 16.0 Å². The number of pyridine rings is 2. The van der Waals surface area contributed by atoms with Gasteiger partial charge in [0.05, 0.1) is 11.1 Å². The number of ketones is 1. The number of nitriles is 1. The molecule has 5 heteroatoms. The molecule has 118 valence electrons. The minimum atomic E-state index is -0.0775. The molecule has 0 aliphatic carbocycles.